The lowest BCUT2D eigenvalue weighted by Gasteiger charge is -2.04. The Kier molecular flexibility index (Phi) is 4.29. The van der Waals surface area contributed by atoms with Crippen LogP contribution in [0.3, 0.4) is 0 Å². The SMILES string of the molecule is C=Cc1cc(-c2ccccc2)c2oc3ccccc3c2c1.CC. The van der Waals surface area contributed by atoms with Crippen molar-refractivity contribution in [2.75, 3.05) is 0 Å². The monoisotopic (exact) mass is 300 g/mol. The number of fused-ring (bicyclic) bond motifs is 3. The Morgan fingerprint density at radius 2 is 1.52 bits per heavy atom. The third kappa shape index (κ3) is 2.66. The fourth-order valence-electron chi connectivity index (χ4n) is 2.80. The van der Waals surface area contributed by atoms with Crippen LogP contribution in [-0.2, 0) is 0 Å². The van der Waals surface area contributed by atoms with Gasteiger partial charge in [0.1, 0.15) is 11.2 Å². The maximum Gasteiger partial charge on any atom is 0.143 e. The summed E-state index contributed by atoms with van der Waals surface area (Å²) in [6.07, 6.45) is 1.88. The lowest BCUT2D eigenvalue weighted by molar-refractivity contribution is 0.670. The Morgan fingerprint density at radius 1 is 0.826 bits per heavy atom. The molecule has 23 heavy (non-hydrogen) atoms. The van der Waals surface area contributed by atoms with Gasteiger partial charge >= 0.3 is 0 Å². The molecule has 0 aliphatic heterocycles. The molecule has 1 heteroatoms. The molecule has 0 fully saturated rings. The maximum atomic E-state index is 6.10. The first kappa shape index (κ1) is 15.1. The Balaban J connectivity index is 0.000000753. The molecule has 0 spiro atoms. The summed E-state index contributed by atoms with van der Waals surface area (Å²) in [7, 11) is 0. The third-order valence-electron chi connectivity index (χ3n) is 3.82. The summed E-state index contributed by atoms with van der Waals surface area (Å²) in [6, 6.07) is 22.8. The van der Waals surface area contributed by atoms with Crippen LogP contribution in [0.2, 0.25) is 0 Å². The van der Waals surface area contributed by atoms with Crippen LogP contribution in [0.25, 0.3) is 39.1 Å². The van der Waals surface area contributed by atoms with Crippen LogP contribution in [0.15, 0.2) is 77.7 Å². The Labute approximate surface area is 136 Å². The van der Waals surface area contributed by atoms with Gasteiger partial charge in [-0.3, -0.25) is 0 Å². The van der Waals surface area contributed by atoms with E-state index in [1.807, 2.05) is 56.3 Å². The highest BCUT2D eigenvalue weighted by atomic mass is 16.3. The predicted molar refractivity (Wildman–Crippen MR) is 101 cm³/mol. The topological polar surface area (TPSA) is 13.1 Å². The van der Waals surface area contributed by atoms with Crippen LogP contribution in [0.5, 0.6) is 0 Å². The number of rotatable bonds is 2. The molecule has 1 aromatic heterocycles. The van der Waals surface area contributed by atoms with E-state index < -0.39 is 0 Å². The number of furan rings is 1. The van der Waals surface area contributed by atoms with Gasteiger partial charge in [0.15, 0.2) is 0 Å². The summed E-state index contributed by atoms with van der Waals surface area (Å²) in [5, 5.41) is 2.29. The fourth-order valence-corrected chi connectivity index (χ4v) is 2.80. The van der Waals surface area contributed by atoms with Gasteiger partial charge in [0.25, 0.3) is 0 Å². The minimum Gasteiger partial charge on any atom is -0.455 e. The van der Waals surface area contributed by atoms with Crippen LogP contribution in [0, 0.1) is 0 Å². The van der Waals surface area contributed by atoms with Crippen LogP contribution < -0.4 is 0 Å². The first-order valence-corrected chi connectivity index (χ1v) is 8.00. The quantitative estimate of drug-likeness (QED) is 0.391. The van der Waals surface area contributed by atoms with Gasteiger partial charge in [-0.1, -0.05) is 75.0 Å². The van der Waals surface area contributed by atoms with E-state index in [2.05, 4.69) is 36.9 Å². The molecule has 0 saturated heterocycles. The molecule has 0 unspecified atom stereocenters. The number of para-hydroxylation sites is 1. The highest BCUT2D eigenvalue weighted by molar-refractivity contribution is 6.10. The number of hydrogen-bond donors (Lipinski definition) is 0. The first-order valence-electron chi connectivity index (χ1n) is 8.00. The first-order chi connectivity index (χ1) is 11.4. The molecule has 4 rings (SSSR count). The maximum absolute atomic E-state index is 6.10. The standard InChI is InChI=1S/C20H14O.C2H6/c1-2-14-12-17(15-8-4-3-5-9-15)20-18(13-14)16-10-6-7-11-19(16)21-20;1-2/h2-13H,1H2;1-2H3. The van der Waals surface area contributed by atoms with Crippen molar-refractivity contribution in [1.82, 2.24) is 0 Å². The van der Waals surface area contributed by atoms with Crippen molar-refractivity contribution in [1.29, 1.82) is 0 Å². The van der Waals surface area contributed by atoms with Crippen molar-refractivity contribution in [2.24, 2.45) is 0 Å². The van der Waals surface area contributed by atoms with Crippen molar-refractivity contribution in [3.05, 3.63) is 78.9 Å². The highest BCUT2D eigenvalue weighted by Gasteiger charge is 2.12. The Bertz CT molecular complexity index is 946. The van der Waals surface area contributed by atoms with Crippen LogP contribution >= 0.6 is 0 Å². The van der Waals surface area contributed by atoms with Gasteiger partial charge in [-0.25, -0.2) is 0 Å². The summed E-state index contributed by atoms with van der Waals surface area (Å²) in [6.45, 7) is 7.91. The predicted octanol–water partition coefficient (Wildman–Crippen LogP) is 6.92. The Hall–Kier alpha value is -2.80. The molecule has 0 amide bonds. The number of benzene rings is 3. The van der Waals surface area contributed by atoms with E-state index in [1.54, 1.807) is 0 Å². The molecule has 0 aliphatic carbocycles. The van der Waals surface area contributed by atoms with Crippen LogP contribution in [-0.4, -0.2) is 0 Å². The summed E-state index contributed by atoms with van der Waals surface area (Å²) in [4.78, 5) is 0. The molecular weight excluding hydrogens is 280 g/mol. The summed E-state index contributed by atoms with van der Waals surface area (Å²) >= 11 is 0. The minimum absolute atomic E-state index is 0.922. The van der Waals surface area contributed by atoms with Gasteiger partial charge in [0, 0.05) is 16.3 Å². The second-order valence-electron chi connectivity index (χ2n) is 5.11. The van der Waals surface area contributed by atoms with Crippen molar-refractivity contribution >= 4 is 28.0 Å². The average Bonchev–Trinajstić information content (AvgIpc) is 3.02. The molecule has 0 aliphatic rings. The normalized spacial score (nSPS) is 10.3. The number of hydrogen-bond acceptors (Lipinski definition) is 1. The van der Waals surface area contributed by atoms with E-state index in [4.69, 9.17) is 4.42 Å². The van der Waals surface area contributed by atoms with Crippen LogP contribution in [0.1, 0.15) is 19.4 Å². The average molecular weight is 300 g/mol. The lowest BCUT2D eigenvalue weighted by Crippen LogP contribution is -1.81. The second kappa shape index (κ2) is 6.53. The van der Waals surface area contributed by atoms with E-state index in [-0.39, 0.29) is 0 Å². The van der Waals surface area contributed by atoms with Gasteiger partial charge in [-0.05, 0) is 29.3 Å². The Morgan fingerprint density at radius 3 is 2.26 bits per heavy atom. The van der Waals surface area contributed by atoms with Crippen LogP contribution in [0.4, 0.5) is 0 Å². The molecule has 0 bridgehead atoms. The van der Waals surface area contributed by atoms with Gasteiger partial charge in [-0.2, -0.15) is 0 Å². The van der Waals surface area contributed by atoms with Gasteiger partial charge in [0.05, 0.1) is 0 Å². The summed E-state index contributed by atoms with van der Waals surface area (Å²) in [5.41, 5.74) is 5.23. The smallest absolute Gasteiger partial charge is 0.143 e. The molecule has 3 aromatic carbocycles. The zero-order valence-electron chi connectivity index (χ0n) is 13.5. The molecule has 1 heterocycles. The molecule has 0 atom stereocenters. The molecule has 4 aromatic rings. The molecule has 1 nitrogen and oxygen atoms in total. The van der Waals surface area contributed by atoms with Gasteiger partial charge in [-0.15, -0.1) is 0 Å². The molecule has 114 valence electrons. The van der Waals surface area contributed by atoms with Gasteiger partial charge < -0.3 is 4.42 Å². The van der Waals surface area contributed by atoms with E-state index in [0.717, 1.165) is 38.6 Å². The molecule has 0 saturated carbocycles. The van der Waals surface area contributed by atoms with Crippen molar-refractivity contribution in [3.8, 4) is 11.1 Å². The lowest BCUT2D eigenvalue weighted by atomic mass is 9.99. The van der Waals surface area contributed by atoms with E-state index in [0.29, 0.717) is 0 Å². The van der Waals surface area contributed by atoms with Gasteiger partial charge in [0.2, 0.25) is 0 Å². The zero-order valence-corrected chi connectivity index (χ0v) is 13.5. The van der Waals surface area contributed by atoms with E-state index in [1.165, 1.54) is 0 Å². The molecular formula is C22H20O. The third-order valence-corrected chi connectivity index (χ3v) is 3.82. The summed E-state index contributed by atoms with van der Waals surface area (Å²) < 4.78 is 6.10. The molecule has 0 N–H and O–H groups in total. The summed E-state index contributed by atoms with van der Waals surface area (Å²) in [5.74, 6) is 0. The van der Waals surface area contributed by atoms with E-state index >= 15 is 0 Å². The highest BCUT2D eigenvalue weighted by Crippen LogP contribution is 2.36. The molecule has 0 radical (unpaired) electrons. The largest absolute Gasteiger partial charge is 0.455 e. The van der Waals surface area contributed by atoms with Crippen molar-refractivity contribution < 1.29 is 4.42 Å². The van der Waals surface area contributed by atoms with Crippen molar-refractivity contribution in [2.45, 2.75) is 13.8 Å². The second-order valence-corrected chi connectivity index (χ2v) is 5.11. The van der Waals surface area contributed by atoms with Crippen molar-refractivity contribution in [3.63, 3.8) is 0 Å². The minimum atomic E-state index is 0.922. The zero-order chi connectivity index (χ0) is 16.2. The fraction of sp³-hybridized carbons (Fsp3) is 0.0909. The van der Waals surface area contributed by atoms with E-state index in [9.17, 15) is 0 Å².